The van der Waals surface area contributed by atoms with Crippen molar-refractivity contribution in [1.82, 2.24) is 14.2 Å². The number of aromatic nitrogens is 1. The van der Waals surface area contributed by atoms with E-state index in [-0.39, 0.29) is 23.3 Å². The molecule has 1 aromatic heterocycles. The summed E-state index contributed by atoms with van der Waals surface area (Å²) in [5.41, 5.74) is 5.90. The van der Waals surface area contributed by atoms with E-state index in [1.54, 1.807) is 12.1 Å². The zero-order valence-electron chi connectivity index (χ0n) is 14.0. The molecule has 0 aromatic carbocycles. The normalized spacial score (nSPS) is 25.2. The van der Waals surface area contributed by atoms with Crippen molar-refractivity contribution in [2.24, 2.45) is 5.73 Å². The van der Waals surface area contributed by atoms with Crippen LogP contribution < -0.4 is 5.73 Å². The van der Waals surface area contributed by atoms with Crippen LogP contribution in [-0.4, -0.2) is 65.5 Å². The van der Waals surface area contributed by atoms with Crippen LogP contribution in [0.3, 0.4) is 0 Å². The van der Waals surface area contributed by atoms with Crippen LogP contribution in [0.5, 0.6) is 0 Å². The fourth-order valence-corrected chi connectivity index (χ4v) is 5.17. The van der Waals surface area contributed by atoms with Crippen LogP contribution in [0.2, 0.25) is 0 Å². The Labute approximate surface area is 147 Å². The highest BCUT2D eigenvalue weighted by molar-refractivity contribution is 7.89. The number of ketones is 1. The Balaban J connectivity index is 1.85. The van der Waals surface area contributed by atoms with Crippen molar-refractivity contribution in [2.75, 3.05) is 13.1 Å². The molecule has 8 nitrogen and oxygen atoms in total. The molecular weight excluding hydrogens is 344 g/mol. The quantitative estimate of drug-likeness (QED) is 0.769. The first-order chi connectivity index (χ1) is 11.9. The number of hydrogen-bond donors (Lipinski definition) is 1. The summed E-state index contributed by atoms with van der Waals surface area (Å²) in [6, 6.07) is 2.68. The van der Waals surface area contributed by atoms with Gasteiger partial charge in [-0.3, -0.25) is 9.59 Å². The fourth-order valence-electron chi connectivity index (χ4n) is 3.61. The third-order valence-electron chi connectivity index (χ3n) is 4.79. The standard InChI is InChI=1S/C16H22N4O4S/c1-2-5-11(17)16(22)19-9-7-12-15(19)13(21)10-20(12)25(23,24)14-6-3-4-8-18-14/h3-4,6,8,11-12,15H,2,5,7,9-10,17H2,1H3. The van der Waals surface area contributed by atoms with Gasteiger partial charge in [0.05, 0.1) is 18.6 Å². The van der Waals surface area contributed by atoms with E-state index >= 15 is 0 Å². The fraction of sp³-hybridized carbons (Fsp3) is 0.562. The Morgan fingerprint density at radius 2 is 2.20 bits per heavy atom. The van der Waals surface area contributed by atoms with Gasteiger partial charge in [0.2, 0.25) is 5.91 Å². The van der Waals surface area contributed by atoms with Crippen molar-refractivity contribution >= 4 is 21.7 Å². The lowest BCUT2D eigenvalue weighted by Gasteiger charge is -2.26. The summed E-state index contributed by atoms with van der Waals surface area (Å²) in [7, 11) is -3.87. The summed E-state index contributed by atoms with van der Waals surface area (Å²) in [5, 5.41) is -0.0871. The van der Waals surface area contributed by atoms with Gasteiger partial charge < -0.3 is 10.6 Å². The maximum atomic E-state index is 12.8. The molecule has 3 atom stereocenters. The molecule has 0 spiro atoms. The van der Waals surface area contributed by atoms with Gasteiger partial charge in [-0.05, 0) is 25.0 Å². The second-order valence-electron chi connectivity index (χ2n) is 6.41. The van der Waals surface area contributed by atoms with E-state index in [4.69, 9.17) is 5.73 Å². The average molecular weight is 366 g/mol. The van der Waals surface area contributed by atoms with Crippen molar-refractivity contribution in [3.63, 3.8) is 0 Å². The largest absolute Gasteiger partial charge is 0.330 e. The van der Waals surface area contributed by atoms with Crippen molar-refractivity contribution in [3.8, 4) is 0 Å². The highest BCUT2D eigenvalue weighted by atomic mass is 32.2. The molecule has 0 saturated carbocycles. The summed E-state index contributed by atoms with van der Waals surface area (Å²) < 4.78 is 26.8. The Morgan fingerprint density at radius 3 is 2.84 bits per heavy atom. The summed E-state index contributed by atoms with van der Waals surface area (Å²) in [6.07, 6.45) is 3.13. The number of sulfonamides is 1. The lowest BCUT2D eigenvalue weighted by molar-refractivity contribution is -0.137. The molecule has 2 aliphatic heterocycles. The summed E-state index contributed by atoms with van der Waals surface area (Å²) in [6.45, 7) is 2.04. The molecule has 1 amide bonds. The van der Waals surface area contributed by atoms with Gasteiger partial charge in [0.25, 0.3) is 10.0 Å². The number of rotatable bonds is 5. The number of fused-ring (bicyclic) bond motifs is 1. The molecular formula is C16H22N4O4S. The Bertz CT molecular complexity index is 768. The smallest absolute Gasteiger partial charge is 0.261 e. The molecule has 2 fully saturated rings. The molecule has 2 saturated heterocycles. The monoisotopic (exact) mass is 366 g/mol. The van der Waals surface area contributed by atoms with Gasteiger partial charge in [-0.25, -0.2) is 13.4 Å². The Morgan fingerprint density at radius 1 is 1.44 bits per heavy atom. The number of hydrogen-bond acceptors (Lipinski definition) is 6. The molecule has 3 rings (SSSR count). The second kappa shape index (κ2) is 6.81. The van der Waals surface area contributed by atoms with Gasteiger partial charge in [-0.2, -0.15) is 4.31 Å². The maximum absolute atomic E-state index is 12.8. The van der Waals surface area contributed by atoms with Gasteiger partial charge in [0, 0.05) is 12.7 Å². The lowest BCUT2D eigenvalue weighted by Crippen LogP contribution is -2.49. The number of pyridine rings is 1. The predicted octanol–water partition coefficient (Wildman–Crippen LogP) is -0.248. The second-order valence-corrected chi connectivity index (χ2v) is 8.25. The minimum atomic E-state index is -3.87. The molecule has 2 aliphatic rings. The van der Waals surface area contributed by atoms with Gasteiger partial charge in [-0.1, -0.05) is 19.4 Å². The van der Waals surface area contributed by atoms with Crippen LogP contribution in [-0.2, 0) is 19.6 Å². The minimum absolute atomic E-state index is 0.0871. The van der Waals surface area contributed by atoms with Crippen LogP contribution in [0, 0.1) is 0 Å². The molecule has 1 aromatic rings. The van der Waals surface area contributed by atoms with Crippen LogP contribution in [0.25, 0.3) is 0 Å². The third-order valence-corrected chi connectivity index (χ3v) is 6.58. The molecule has 3 heterocycles. The molecule has 136 valence electrons. The maximum Gasteiger partial charge on any atom is 0.261 e. The SMILES string of the molecule is CCCC(N)C(=O)N1CCC2C1C(=O)CN2S(=O)(=O)c1ccccn1. The van der Waals surface area contributed by atoms with Crippen LogP contribution in [0.4, 0.5) is 0 Å². The van der Waals surface area contributed by atoms with E-state index in [1.165, 1.54) is 21.5 Å². The molecule has 2 N–H and O–H groups in total. The number of carbonyl (C=O) groups is 2. The average Bonchev–Trinajstić information content (AvgIpc) is 3.17. The van der Waals surface area contributed by atoms with E-state index in [2.05, 4.69) is 4.98 Å². The van der Waals surface area contributed by atoms with Gasteiger partial charge in [0.1, 0.15) is 6.04 Å². The molecule has 3 unspecified atom stereocenters. The topological polar surface area (TPSA) is 114 Å². The van der Waals surface area contributed by atoms with Crippen LogP contribution in [0.15, 0.2) is 29.4 Å². The molecule has 9 heteroatoms. The number of carbonyl (C=O) groups excluding carboxylic acids is 2. The van der Waals surface area contributed by atoms with E-state index < -0.39 is 28.1 Å². The van der Waals surface area contributed by atoms with Gasteiger partial charge >= 0.3 is 0 Å². The molecule has 0 bridgehead atoms. The van der Waals surface area contributed by atoms with Crippen molar-refractivity contribution < 1.29 is 18.0 Å². The number of nitrogens with zero attached hydrogens (tertiary/aromatic N) is 3. The number of nitrogens with two attached hydrogens (primary N) is 1. The first-order valence-corrected chi connectivity index (χ1v) is 9.83. The van der Waals surface area contributed by atoms with Crippen molar-refractivity contribution in [2.45, 2.75) is 49.3 Å². The third kappa shape index (κ3) is 3.07. The van der Waals surface area contributed by atoms with Crippen LogP contribution >= 0.6 is 0 Å². The summed E-state index contributed by atoms with van der Waals surface area (Å²) in [4.78, 5) is 30.4. The first kappa shape index (κ1) is 18.0. The summed E-state index contributed by atoms with van der Waals surface area (Å²) in [5.74, 6) is -0.543. The summed E-state index contributed by atoms with van der Waals surface area (Å²) >= 11 is 0. The number of likely N-dealkylation sites (tertiary alicyclic amines) is 1. The van der Waals surface area contributed by atoms with E-state index in [0.29, 0.717) is 19.4 Å². The van der Waals surface area contributed by atoms with Gasteiger partial charge in [-0.15, -0.1) is 0 Å². The zero-order chi connectivity index (χ0) is 18.2. The van der Waals surface area contributed by atoms with Gasteiger partial charge in [0.15, 0.2) is 10.8 Å². The number of amides is 1. The van der Waals surface area contributed by atoms with Crippen LogP contribution in [0.1, 0.15) is 26.2 Å². The molecule has 0 aliphatic carbocycles. The van der Waals surface area contributed by atoms with E-state index in [9.17, 15) is 18.0 Å². The number of Topliss-reactive ketones (excluding diaryl/α,β-unsaturated/α-hetero) is 1. The lowest BCUT2D eigenvalue weighted by atomic mass is 10.1. The van der Waals surface area contributed by atoms with Crippen molar-refractivity contribution in [1.29, 1.82) is 0 Å². The van der Waals surface area contributed by atoms with E-state index in [1.807, 2.05) is 6.92 Å². The minimum Gasteiger partial charge on any atom is -0.330 e. The zero-order valence-corrected chi connectivity index (χ0v) is 14.9. The highest BCUT2D eigenvalue weighted by Crippen LogP contribution is 2.33. The molecule has 25 heavy (non-hydrogen) atoms. The Hall–Kier alpha value is -1.84. The first-order valence-electron chi connectivity index (χ1n) is 8.39. The predicted molar refractivity (Wildman–Crippen MR) is 89.9 cm³/mol. The van der Waals surface area contributed by atoms with Crippen molar-refractivity contribution in [3.05, 3.63) is 24.4 Å². The highest BCUT2D eigenvalue weighted by Gasteiger charge is 2.54. The van der Waals surface area contributed by atoms with E-state index in [0.717, 1.165) is 6.42 Å². The molecule has 0 radical (unpaired) electrons. The Kier molecular flexibility index (Phi) is 4.90.